The molecule has 0 aliphatic carbocycles. The number of aryl methyl sites for hydroxylation is 1. The Morgan fingerprint density at radius 2 is 1.91 bits per heavy atom. The van der Waals surface area contributed by atoms with Crippen LogP contribution in [0.4, 0.5) is 5.69 Å². The van der Waals surface area contributed by atoms with Crippen LogP contribution in [-0.4, -0.2) is 36.3 Å². The number of fused-ring (bicyclic) bond motifs is 2. The number of ether oxygens (including phenoxy) is 2. The molecule has 1 amide bonds. The van der Waals surface area contributed by atoms with E-state index in [1.165, 1.54) is 7.11 Å². The van der Waals surface area contributed by atoms with Gasteiger partial charge in [0, 0.05) is 0 Å². The lowest BCUT2D eigenvalue weighted by Crippen LogP contribution is -2.39. The van der Waals surface area contributed by atoms with E-state index in [1.807, 2.05) is 13.0 Å². The van der Waals surface area contributed by atoms with E-state index in [0.717, 1.165) is 5.56 Å². The van der Waals surface area contributed by atoms with E-state index >= 15 is 0 Å². The van der Waals surface area contributed by atoms with Crippen molar-refractivity contribution in [2.75, 3.05) is 12.4 Å². The van der Waals surface area contributed by atoms with E-state index in [0.29, 0.717) is 11.4 Å². The van der Waals surface area contributed by atoms with Crippen LogP contribution in [0.25, 0.3) is 0 Å². The second-order valence-corrected chi connectivity index (χ2v) is 5.53. The first kappa shape index (κ1) is 14.6. The molecule has 6 heteroatoms. The molecule has 2 N–H and O–H groups in total. The Morgan fingerprint density at radius 1 is 1.23 bits per heavy atom. The fourth-order valence-electron chi connectivity index (χ4n) is 3.05. The van der Waals surface area contributed by atoms with E-state index in [-0.39, 0.29) is 5.91 Å². The minimum Gasteiger partial charge on any atom is -0.495 e. The zero-order chi connectivity index (χ0) is 15.9. The molecule has 6 nitrogen and oxygen atoms in total. The number of anilines is 1. The zero-order valence-electron chi connectivity index (χ0n) is 12.3. The van der Waals surface area contributed by atoms with E-state index in [1.54, 1.807) is 24.3 Å². The molecule has 0 spiro atoms. The van der Waals surface area contributed by atoms with Crippen LogP contribution in [0, 0.1) is 18.8 Å². The molecule has 3 rings (SSSR count). The first-order valence-electron chi connectivity index (χ1n) is 7.03. The normalized spacial score (nSPS) is 28.6. The van der Waals surface area contributed by atoms with Gasteiger partial charge in [0.15, 0.2) is 0 Å². The number of methoxy groups -OCH3 is 1. The van der Waals surface area contributed by atoms with Gasteiger partial charge >= 0.3 is 5.97 Å². The van der Waals surface area contributed by atoms with Crippen molar-refractivity contribution in [1.82, 2.24) is 0 Å². The van der Waals surface area contributed by atoms with Gasteiger partial charge in [-0.1, -0.05) is 18.2 Å². The number of carboxylic acid groups (broad SMARTS) is 1. The van der Waals surface area contributed by atoms with Crippen molar-refractivity contribution < 1.29 is 24.2 Å². The number of amides is 1. The number of benzene rings is 1. The summed E-state index contributed by atoms with van der Waals surface area (Å²) in [6.45, 7) is 1.90. The molecule has 2 aliphatic heterocycles. The molecule has 2 bridgehead atoms. The Bertz CT molecular complexity index is 654. The van der Waals surface area contributed by atoms with Crippen molar-refractivity contribution in [2.24, 2.45) is 11.8 Å². The van der Waals surface area contributed by atoms with Crippen LogP contribution in [-0.2, 0) is 14.3 Å². The lowest BCUT2D eigenvalue weighted by Gasteiger charge is -2.21. The molecule has 1 aromatic carbocycles. The molecule has 1 aromatic rings. The maximum absolute atomic E-state index is 12.6. The minimum absolute atomic E-state index is 0.367. The lowest BCUT2D eigenvalue weighted by molar-refractivity contribution is -0.145. The Kier molecular flexibility index (Phi) is 3.62. The van der Waals surface area contributed by atoms with Crippen LogP contribution in [0.2, 0.25) is 0 Å². The van der Waals surface area contributed by atoms with Gasteiger partial charge in [-0.2, -0.15) is 0 Å². The standard InChI is InChI=1S/C16H17NO5/c1-8-3-4-10(21-2)9(7-8)17-15(18)13-11-5-6-12(22-11)14(13)16(19)20/h3-7,11-14H,1-2H3,(H,17,18)(H,19,20)/t11-,12-,13-,14-/m1/s1. The number of hydrogen-bond acceptors (Lipinski definition) is 4. The van der Waals surface area contributed by atoms with Crippen molar-refractivity contribution in [3.05, 3.63) is 35.9 Å². The summed E-state index contributed by atoms with van der Waals surface area (Å²) < 4.78 is 10.7. The van der Waals surface area contributed by atoms with Gasteiger partial charge < -0.3 is 19.9 Å². The number of rotatable bonds is 4. The molecule has 2 aliphatic rings. The summed E-state index contributed by atoms with van der Waals surface area (Å²) in [4.78, 5) is 24.0. The first-order valence-corrected chi connectivity index (χ1v) is 7.03. The van der Waals surface area contributed by atoms with Crippen LogP contribution in [0.5, 0.6) is 5.75 Å². The minimum atomic E-state index is -1.02. The van der Waals surface area contributed by atoms with Gasteiger partial charge in [0.2, 0.25) is 5.91 Å². The second kappa shape index (κ2) is 5.46. The van der Waals surface area contributed by atoms with Crippen LogP contribution in [0.3, 0.4) is 0 Å². The van der Waals surface area contributed by atoms with Gasteiger partial charge in [-0.05, 0) is 24.6 Å². The van der Waals surface area contributed by atoms with Crippen LogP contribution in [0.1, 0.15) is 5.56 Å². The molecular formula is C16H17NO5. The number of carbonyl (C=O) groups excluding carboxylic acids is 1. The molecule has 0 saturated carbocycles. The van der Waals surface area contributed by atoms with Gasteiger partial charge in [-0.3, -0.25) is 9.59 Å². The summed E-state index contributed by atoms with van der Waals surface area (Å²) in [6.07, 6.45) is 2.45. The number of carbonyl (C=O) groups is 2. The Morgan fingerprint density at radius 3 is 2.55 bits per heavy atom. The highest BCUT2D eigenvalue weighted by atomic mass is 16.5. The molecule has 116 valence electrons. The number of nitrogens with one attached hydrogen (secondary N) is 1. The van der Waals surface area contributed by atoms with Crippen molar-refractivity contribution in [3.8, 4) is 5.75 Å². The third-order valence-electron chi connectivity index (χ3n) is 4.10. The van der Waals surface area contributed by atoms with Gasteiger partial charge in [-0.25, -0.2) is 0 Å². The topological polar surface area (TPSA) is 84.9 Å². The summed E-state index contributed by atoms with van der Waals surface area (Å²) in [5.41, 5.74) is 1.50. The summed E-state index contributed by atoms with van der Waals surface area (Å²) >= 11 is 0. The first-order chi connectivity index (χ1) is 10.5. The number of aliphatic carboxylic acids is 1. The fourth-order valence-corrected chi connectivity index (χ4v) is 3.05. The van der Waals surface area contributed by atoms with Gasteiger partial charge in [-0.15, -0.1) is 0 Å². The van der Waals surface area contributed by atoms with E-state index in [4.69, 9.17) is 9.47 Å². The summed E-state index contributed by atoms with van der Waals surface area (Å²) in [5.74, 6) is -2.45. The van der Waals surface area contributed by atoms with E-state index in [9.17, 15) is 14.7 Å². The highest BCUT2D eigenvalue weighted by Gasteiger charge is 2.53. The third-order valence-corrected chi connectivity index (χ3v) is 4.10. The predicted molar refractivity (Wildman–Crippen MR) is 78.8 cm³/mol. The maximum atomic E-state index is 12.6. The molecule has 1 fully saturated rings. The Labute approximate surface area is 127 Å². The molecule has 0 radical (unpaired) electrons. The smallest absolute Gasteiger partial charge is 0.310 e. The summed E-state index contributed by atoms with van der Waals surface area (Å²) in [6, 6.07) is 5.42. The number of hydrogen-bond donors (Lipinski definition) is 2. The third kappa shape index (κ3) is 2.35. The SMILES string of the molecule is COc1ccc(C)cc1NC(=O)[C@H]1[C@H](C(=O)O)[C@H]2C=C[C@H]1O2. The lowest BCUT2D eigenvalue weighted by atomic mass is 9.82. The van der Waals surface area contributed by atoms with Crippen molar-refractivity contribution in [2.45, 2.75) is 19.1 Å². The van der Waals surface area contributed by atoms with Crippen molar-refractivity contribution >= 4 is 17.6 Å². The molecule has 0 unspecified atom stereocenters. The van der Waals surface area contributed by atoms with Crippen LogP contribution < -0.4 is 10.1 Å². The average molecular weight is 303 g/mol. The quantitative estimate of drug-likeness (QED) is 0.825. The van der Waals surface area contributed by atoms with Gasteiger partial charge in [0.25, 0.3) is 0 Å². The predicted octanol–water partition coefficient (Wildman–Crippen LogP) is 1.60. The van der Waals surface area contributed by atoms with Gasteiger partial charge in [0.05, 0.1) is 30.9 Å². The maximum Gasteiger partial charge on any atom is 0.310 e. The second-order valence-electron chi connectivity index (χ2n) is 5.53. The van der Waals surface area contributed by atoms with Crippen molar-refractivity contribution in [3.63, 3.8) is 0 Å². The fraction of sp³-hybridized carbons (Fsp3) is 0.375. The largest absolute Gasteiger partial charge is 0.495 e. The van der Waals surface area contributed by atoms with Gasteiger partial charge in [0.1, 0.15) is 11.7 Å². The highest BCUT2D eigenvalue weighted by molar-refractivity contribution is 5.97. The monoisotopic (exact) mass is 303 g/mol. The molecule has 22 heavy (non-hydrogen) atoms. The average Bonchev–Trinajstić information content (AvgIpc) is 3.08. The van der Waals surface area contributed by atoms with E-state index < -0.39 is 30.0 Å². The molecule has 0 aromatic heterocycles. The Hall–Kier alpha value is -2.34. The van der Waals surface area contributed by atoms with E-state index in [2.05, 4.69) is 5.32 Å². The van der Waals surface area contributed by atoms with Crippen molar-refractivity contribution in [1.29, 1.82) is 0 Å². The number of carboxylic acids is 1. The molecule has 4 atom stereocenters. The molecule has 1 saturated heterocycles. The zero-order valence-corrected chi connectivity index (χ0v) is 12.3. The summed E-state index contributed by atoms with van der Waals surface area (Å²) in [5, 5.41) is 12.1. The summed E-state index contributed by atoms with van der Waals surface area (Å²) in [7, 11) is 1.52. The Balaban J connectivity index is 1.84. The highest BCUT2D eigenvalue weighted by Crippen LogP contribution is 2.40. The van der Waals surface area contributed by atoms with Crippen LogP contribution >= 0.6 is 0 Å². The molecule has 2 heterocycles. The molecular weight excluding hydrogens is 286 g/mol. The van der Waals surface area contributed by atoms with Crippen LogP contribution in [0.15, 0.2) is 30.4 Å².